The van der Waals surface area contributed by atoms with Crippen molar-refractivity contribution in [2.24, 2.45) is 5.92 Å². The second kappa shape index (κ2) is 8.04. The molecule has 0 aliphatic carbocycles. The van der Waals surface area contributed by atoms with Crippen LogP contribution in [0, 0.1) is 12.8 Å². The Morgan fingerprint density at radius 1 is 1.19 bits per heavy atom. The molecule has 3 heterocycles. The van der Waals surface area contributed by atoms with E-state index in [9.17, 15) is 26.4 Å². The van der Waals surface area contributed by atoms with Gasteiger partial charge in [0.25, 0.3) is 5.89 Å². The number of hydrogen-bond acceptors (Lipinski definition) is 7. The molecule has 2 aromatic heterocycles. The molecule has 32 heavy (non-hydrogen) atoms. The first-order valence-corrected chi connectivity index (χ1v) is 11.4. The number of hydrogen-bond donors (Lipinski definition) is 1. The van der Waals surface area contributed by atoms with Gasteiger partial charge in [-0.25, -0.2) is 13.1 Å². The minimum Gasteiger partial charge on any atom is -0.334 e. The summed E-state index contributed by atoms with van der Waals surface area (Å²) in [5.41, 5.74) is -0.925. The molecule has 0 atom stereocenters. The molecule has 0 saturated carbocycles. The Morgan fingerprint density at radius 2 is 1.84 bits per heavy atom. The summed E-state index contributed by atoms with van der Waals surface area (Å²) in [5, 5.41) is 10.0. The Bertz CT molecular complexity index is 1230. The molecule has 1 amide bonds. The van der Waals surface area contributed by atoms with E-state index in [-0.39, 0.29) is 53.2 Å². The predicted molar refractivity (Wildman–Crippen MR) is 107 cm³/mol. The van der Waals surface area contributed by atoms with Gasteiger partial charge in [-0.05, 0) is 44.0 Å². The SMILES string of the molecule is Cc1noc(-c2cnn(-c3ccc(NC(=O)C4CCS(=O)(=O)CC4)cc3)c2C(F)(F)F)n1. The summed E-state index contributed by atoms with van der Waals surface area (Å²) in [6.07, 6.45) is -3.26. The van der Waals surface area contributed by atoms with E-state index in [0.29, 0.717) is 10.4 Å². The van der Waals surface area contributed by atoms with Crippen LogP contribution in [0.25, 0.3) is 17.1 Å². The molecule has 0 unspecified atom stereocenters. The zero-order valence-electron chi connectivity index (χ0n) is 16.8. The standard InChI is InChI=1S/C19H18F3N5O4S/c1-11-24-18(31-26-11)15-10-23-27(16(15)19(20,21)22)14-4-2-13(3-5-14)25-17(28)12-6-8-32(29,30)9-7-12/h2-5,10,12H,6-9H2,1H3,(H,25,28). The van der Waals surface area contributed by atoms with Crippen molar-refractivity contribution in [3.8, 4) is 17.1 Å². The molecule has 13 heteroatoms. The lowest BCUT2D eigenvalue weighted by Crippen LogP contribution is -2.31. The summed E-state index contributed by atoms with van der Waals surface area (Å²) in [5.74, 6) is -0.925. The molecule has 3 aromatic rings. The number of nitrogens with zero attached hydrogens (tertiary/aromatic N) is 4. The van der Waals surface area contributed by atoms with Gasteiger partial charge in [0.2, 0.25) is 5.91 Å². The van der Waals surface area contributed by atoms with Crippen LogP contribution < -0.4 is 5.32 Å². The number of rotatable bonds is 4. The Hall–Kier alpha value is -3.22. The molecule has 1 aliphatic heterocycles. The number of carbonyl (C=O) groups excluding carboxylic acids is 1. The molecular formula is C19H18F3N5O4S. The summed E-state index contributed by atoms with van der Waals surface area (Å²) in [7, 11) is -3.09. The van der Waals surface area contributed by atoms with Crippen molar-refractivity contribution in [3.63, 3.8) is 0 Å². The van der Waals surface area contributed by atoms with Crippen LogP contribution in [-0.2, 0) is 20.8 Å². The van der Waals surface area contributed by atoms with E-state index in [4.69, 9.17) is 4.52 Å². The summed E-state index contributed by atoms with van der Waals surface area (Å²) in [6.45, 7) is 1.49. The quantitative estimate of drug-likeness (QED) is 0.624. The molecule has 9 nitrogen and oxygen atoms in total. The van der Waals surface area contributed by atoms with Gasteiger partial charge in [-0.3, -0.25) is 4.79 Å². The normalized spacial score (nSPS) is 16.8. The third-order valence-corrected chi connectivity index (χ3v) is 6.82. The van der Waals surface area contributed by atoms with Crippen molar-refractivity contribution in [2.75, 3.05) is 16.8 Å². The first-order valence-electron chi connectivity index (χ1n) is 9.61. The van der Waals surface area contributed by atoms with E-state index < -0.39 is 27.6 Å². The maximum Gasteiger partial charge on any atom is 0.434 e. The van der Waals surface area contributed by atoms with Crippen molar-refractivity contribution in [1.82, 2.24) is 19.9 Å². The van der Waals surface area contributed by atoms with Crippen LogP contribution in [0.4, 0.5) is 18.9 Å². The van der Waals surface area contributed by atoms with E-state index in [1.165, 1.54) is 31.2 Å². The molecular weight excluding hydrogens is 451 g/mol. The lowest BCUT2D eigenvalue weighted by atomic mass is 10.0. The summed E-state index contributed by atoms with van der Waals surface area (Å²) >= 11 is 0. The number of halogens is 3. The summed E-state index contributed by atoms with van der Waals surface area (Å²) in [6, 6.07) is 5.66. The molecule has 0 radical (unpaired) electrons. The van der Waals surface area contributed by atoms with Crippen LogP contribution >= 0.6 is 0 Å². The lowest BCUT2D eigenvalue weighted by molar-refractivity contribution is -0.142. The molecule has 1 saturated heterocycles. The van der Waals surface area contributed by atoms with Gasteiger partial charge in [-0.1, -0.05) is 5.16 Å². The monoisotopic (exact) mass is 469 g/mol. The highest BCUT2D eigenvalue weighted by Gasteiger charge is 2.40. The van der Waals surface area contributed by atoms with Gasteiger partial charge in [0.05, 0.1) is 29.0 Å². The van der Waals surface area contributed by atoms with Gasteiger partial charge < -0.3 is 9.84 Å². The van der Waals surface area contributed by atoms with E-state index in [2.05, 4.69) is 20.6 Å². The average molecular weight is 469 g/mol. The van der Waals surface area contributed by atoms with Crippen molar-refractivity contribution >= 4 is 21.4 Å². The predicted octanol–water partition coefficient (Wildman–Crippen LogP) is 3.01. The molecule has 1 aliphatic rings. The number of aryl methyl sites for hydroxylation is 1. The largest absolute Gasteiger partial charge is 0.434 e. The molecule has 170 valence electrons. The van der Waals surface area contributed by atoms with Crippen LogP contribution in [0.2, 0.25) is 0 Å². The number of alkyl halides is 3. The van der Waals surface area contributed by atoms with Crippen molar-refractivity contribution in [3.05, 3.63) is 42.0 Å². The first-order chi connectivity index (χ1) is 15.0. The van der Waals surface area contributed by atoms with Gasteiger partial charge in [-0.2, -0.15) is 23.3 Å². The van der Waals surface area contributed by atoms with Crippen LogP contribution in [-0.4, -0.2) is 45.8 Å². The Kier molecular flexibility index (Phi) is 5.53. The van der Waals surface area contributed by atoms with Gasteiger partial charge in [0, 0.05) is 11.6 Å². The maximum atomic E-state index is 13.8. The zero-order valence-corrected chi connectivity index (χ0v) is 17.6. The number of sulfone groups is 1. The summed E-state index contributed by atoms with van der Waals surface area (Å²) < 4.78 is 69.9. The topological polar surface area (TPSA) is 120 Å². The maximum absolute atomic E-state index is 13.8. The number of anilines is 1. The second-order valence-electron chi connectivity index (χ2n) is 7.43. The van der Waals surface area contributed by atoms with Crippen molar-refractivity contribution in [1.29, 1.82) is 0 Å². The van der Waals surface area contributed by atoms with Crippen LogP contribution in [0.1, 0.15) is 24.4 Å². The Labute approximate surface area is 180 Å². The lowest BCUT2D eigenvalue weighted by Gasteiger charge is -2.21. The fraction of sp³-hybridized carbons (Fsp3) is 0.368. The average Bonchev–Trinajstić information content (AvgIpc) is 3.34. The first kappa shape index (κ1) is 22.0. The van der Waals surface area contributed by atoms with Gasteiger partial charge in [0.1, 0.15) is 9.84 Å². The highest BCUT2D eigenvalue weighted by Crippen LogP contribution is 2.38. The number of benzene rings is 1. The number of amides is 1. The highest BCUT2D eigenvalue weighted by molar-refractivity contribution is 7.91. The zero-order chi connectivity index (χ0) is 23.1. The van der Waals surface area contributed by atoms with Gasteiger partial charge in [0.15, 0.2) is 11.5 Å². The van der Waals surface area contributed by atoms with Crippen LogP contribution in [0.15, 0.2) is 35.0 Å². The molecule has 0 bridgehead atoms. The minimum absolute atomic E-state index is 0.0363. The minimum atomic E-state index is -4.75. The van der Waals surface area contributed by atoms with E-state index in [1.807, 2.05) is 0 Å². The fourth-order valence-corrected chi connectivity index (χ4v) is 4.95. The molecule has 1 fully saturated rings. The smallest absolute Gasteiger partial charge is 0.334 e. The van der Waals surface area contributed by atoms with E-state index in [1.54, 1.807) is 0 Å². The molecule has 0 spiro atoms. The highest BCUT2D eigenvalue weighted by atomic mass is 32.2. The Morgan fingerprint density at radius 3 is 2.41 bits per heavy atom. The Balaban J connectivity index is 1.56. The van der Waals surface area contributed by atoms with Crippen LogP contribution in [0.3, 0.4) is 0 Å². The molecule has 1 N–H and O–H groups in total. The molecule has 4 rings (SSSR count). The third kappa shape index (κ3) is 4.52. The number of nitrogens with one attached hydrogen (secondary N) is 1. The van der Waals surface area contributed by atoms with Gasteiger partial charge in [-0.15, -0.1) is 0 Å². The van der Waals surface area contributed by atoms with Crippen LogP contribution in [0.5, 0.6) is 0 Å². The fourth-order valence-electron chi connectivity index (χ4n) is 3.46. The van der Waals surface area contributed by atoms with E-state index in [0.717, 1.165) is 6.20 Å². The second-order valence-corrected chi connectivity index (χ2v) is 9.73. The molecule has 1 aromatic carbocycles. The van der Waals surface area contributed by atoms with Crippen molar-refractivity contribution in [2.45, 2.75) is 25.9 Å². The van der Waals surface area contributed by atoms with E-state index >= 15 is 0 Å². The van der Waals surface area contributed by atoms with Crippen molar-refractivity contribution < 1.29 is 30.9 Å². The summed E-state index contributed by atoms with van der Waals surface area (Å²) in [4.78, 5) is 16.2. The number of aromatic nitrogens is 4. The number of carbonyl (C=O) groups is 1. The van der Waals surface area contributed by atoms with Gasteiger partial charge >= 0.3 is 6.18 Å². The third-order valence-electron chi connectivity index (χ3n) is 5.10.